The highest BCUT2D eigenvalue weighted by Gasteiger charge is 2.30. The van der Waals surface area contributed by atoms with E-state index >= 15 is 0 Å². The van der Waals surface area contributed by atoms with Crippen LogP contribution in [0.15, 0.2) is 24.7 Å². The minimum atomic E-state index is -4.36. The molecule has 0 amide bonds. The zero-order valence-electron chi connectivity index (χ0n) is 10.1. The first-order valence-corrected chi connectivity index (χ1v) is 5.57. The molecule has 0 unspecified atom stereocenters. The molecule has 0 aliphatic carbocycles. The summed E-state index contributed by atoms with van der Waals surface area (Å²) in [5.41, 5.74) is -0.758. The van der Waals surface area contributed by atoms with Gasteiger partial charge in [-0.2, -0.15) is 13.2 Å². The number of aryl methyl sites for hydroxylation is 1. The second kappa shape index (κ2) is 5.25. The first-order valence-electron chi connectivity index (χ1n) is 5.57. The Morgan fingerprint density at radius 3 is 2.63 bits per heavy atom. The van der Waals surface area contributed by atoms with Crippen molar-refractivity contribution in [1.29, 1.82) is 0 Å². The highest BCUT2D eigenvalue weighted by atomic mass is 19.4. The fourth-order valence-electron chi connectivity index (χ4n) is 1.50. The van der Waals surface area contributed by atoms with Crippen LogP contribution in [0.4, 0.5) is 19.0 Å². The molecule has 2 aromatic heterocycles. The normalized spacial score (nSPS) is 11.6. The molecule has 0 aliphatic rings. The first kappa shape index (κ1) is 13.3. The van der Waals surface area contributed by atoms with Gasteiger partial charge in [-0.15, -0.1) is 10.2 Å². The van der Waals surface area contributed by atoms with E-state index in [1.54, 1.807) is 10.9 Å². The quantitative estimate of drug-likeness (QED) is 0.922. The molecule has 5 nitrogen and oxygen atoms in total. The van der Waals surface area contributed by atoms with Gasteiger partial charge in [0, 0.05) is 26.2 Å². The molecule has 0 aromatic carbocycles. The Balaban J connectivity index is 1.89. The van der Waals surface area contributed by atoms with Crippen LogP contribution in [0, 0.1) is 0 Å². The van der Waals surface area contributed by atoms with Gasteiger partial charge in [0.25, 0.3) is 0 Å². The minimum Gasteiger partial charge on any atom is -0.370 e. The predicted molar refractivity (Wildman–Crippen MR) is 62.4 cm³/mol. The van der Waals surface area contributed by atoms with Crippen molar-refractivity contribution >= 4 is 5.82 Å². The number of halogens is 3. The minimum absolute atomic E-state index is 0.398. The van der Waals surface area contributed by atoms with Crippen LogP contribution < -0.4 is 5.32 Å². The molecule has 0 saturated carbocycles. The van der Waals surface area contributed by atoms with E-state index < -0.39 is 11.7 Å². The summed E-state index contributed by atoms with van der Waals surface area (Å²) in [6, 6.07) is 2.30. The van der Waals surface area contributed by atoms with Gasteiger partial charge >= 0.3 is 6.18 Å². The Bertz CT molecular complexity index is 532. The van der Waals surface area contributed by atoms with Gasteiger partial charge in [-0.05, 0) is 12.1 Å². The molecular formula is C11H12F3N5. The van der Waals surface area contributed by atoms with E-state index in [0.717, 1.165) is 18.1 Å². The smallest absolute Gasteiger partial charge is 0.370 e. The zero-order valence-corrected chi connectivity index (χ0v) is 10.1. The molecule has 19 heavy (non-hydrogen) atoms. The van der Waals surface area contributed by atoms with Gasteiger partial charge in [-0.25, -0.2) is 4.98 Å². The van der Waals surface area contributed by atoms with Gasteiger partial charge in [0.2, 0.25) is 0 Å². The van der Waals surface area contributed by atoms with Crippen molar-refractivity contribution in [3.05, 3.63) is 36.0 Å². The van der Waals surface area contributed by atoms with Gasteiger partial charge in [0.15, 0.2) is 0 Å². The number of hydrogen-bond acceptors (Lipinski definition) is 4. The second-order valence-corrected chi connectivity index (χ2v) is 3.96. The lowest BCUT2D eigenvalue weighted by atomic mass is 10.3. The third kappa shape index (κ3) is 3.43. The lowest BCUT2D eigenvalue weighted by molar-refractivity contribution is -0.137. The van der Waals surface area contributed by atoms with E-state index in [1.807, 2.05) is 7.05 Å². The van der Waals surface area contributed by atoms with Crippen LogP contribution in [0.2, 0.25) is 0 Å². The van der Waals surface area contributed by atoms with Gasteiger partial charge in [-0.3, -0.25) is 0 Å². The number of alkyl halides is 3. The molecular weight excluding hydrogens is 259 g/mol. The maximum absolute atomic E-state index is 12.3. The molecule has 0 fully saturated rings. The largest absolute Gasteiger partial charge is 0.417 e. The van der Waals surface area contributed by atoms with Crippen molar-refractivity contribution < 1.29 is 13.2 Å². The van der Waals surface area contributed by atoms with E-state index in [4.69, 9.17) is 0 Å². The highest BCUT2D eigenvalue weighted by molar-refractivity contribution is 5.36. The van der Waals surface area contributed by atoms with Crippen LogP contribution in [-0.4, -0.2) is 26.3 Å². The Morgan fingerprint density at radius 2 is 2.11 bits per heavy atom. The van der Waals surface area contributed by atoms with Crippen LogP contribution in [0.25, 0.3) is 0 Å². The van der Waals surface area contributed by atoms with Gasteiger partial charge < -0.3 is 9.88 Å². The van der Waals surface area contributed by atoms with E-state index in [0.29, 0.717) is 18.8 Å². The van der Waals surface area contributed by atoms with Crippen LogP contribution in [0.5, 0.6) is 0 Å². The Labute approximate surface area is 107 Å². The lowest BCUT2D eigenvalue weighted by Crippen LogP contribution is -2.10. The molecule has 0 radical (unpaired) electrons. The Hall–Kier alpha value is -2.12. The fraction of sp³-hybridized carbons (Fsp3) is 0.364. The van der Waals surface area contributed by atoms with E-state index in [2.05, 4.69) is 20.5 Å². The standard InChI is InChI=1S/C11H12F3N5/c1-19-7-17-18-10(19)4-5-15-9-3-2-8(6-16-9)11(12,13)14/h2-3,6-7H,4-5H2,1H3,(H,15,16). The summed E-state index contributed by atoms with van der Waals surface area (Å²) in [5, 5.41) is 10.6. The van der Waals surface area contributed by atoms with E-state index in [9.17, 15) is 13.2 Å². The summed E-state index contributed by atoms with van der Waals surface area (Å²) in [5.74, 6) is 1.19. The van der Waals surface area contributed by atoms with Crippen molar-refractivity contribution in [3.63, 3.8) is 0 Å². The van der Waals surface area contributed by atoms with Crippen LogP contribution >= 0.6 is 0 Å². The van der Waals surface area contributed by atoms with Crippen molar-refractivity contribution in [1.82, 2.24) is 19.7 Å². The molecule has 8 heteroatoms. The fourth-order valence-corrected chi connectivity index (χ4v) is 1.50. The van der Waals surface area contributed by atoms with Crippen molar-refractivity contribution in [2.45, 2.75) is 12.6 Å². The van der Waals surface area contributed by atoms with E-state index in [1.165, 1.54) is 6.07 Å². The van der Waals surface area contributed by atoms with Gasteiger partial charge in [-0.1, -0.05) is 0 Å². The topological polar surface area (TPSA) is 55.6 Å². The summed E-state index contributed by atoms with van der Waals surface area (Å²) < 4.78 is 38.8. The van der Waals surface area contributed by atoms with E-state index in [-0.39, 0.29) is 0 Å². The van der Waals surface area contributed by atoms with Gasteiger partial charge in [0.05, 0.1) is 5.56 Å². The molecule has 1 N–H and O–H groups in total. The molecule has 2 aromatic rings. The van der Waals surface area contributed by atoms with Gasteiger partial charge in [0.1, 0.15) is 18.0 Å². The lowest BCUT2D eigenvalue weighted by Gasteiger charge is -2.08. The number of nitrogens with zero attached hydrogens (tertiary/aromatic N) is 4. The van der Waals surface area contributed by atoms with Crippen molar-refractivity contribution in [2.24, 2.45) is 7.05 Å². The summed E-state index contributed by atoms with van der Waals surface area (Å²) in [6.45, 7) is 0.519. The second-order valence-electron chi connectivity index (χ2n) is 3.96. The van der Waals surface area contributed by atoms with Crippen LogP contribution in [0.1, 0.15) is 11.4 Å². The predicted octanol–water partition coefficient (Wildman–Crippen LogP) is 1.88. The molecule has 102 valence electrons. The van der Waals surface area contributed by atoms with Crippen molar-refractivity contribution in [3.8, 4) is 0 Å². The number of aromatic nitrogens is 4. The summed E-state index contributed by atoms with van der Waals surface area (Å²) in [7, 11) is 1.83. The Kier molecular flexibility index (Phi) is 3.68. The monoisotopic (exact) mass is 271 g/mol. The SMILES string of the molecule is Cn1cnnc1CCNc1ccc(C(F)(F)F)cn1. The molecule has 0 saturated heterocycles. The number of anilines is 1. The van der Waals surface area contributed by atoms with Crippen molar-refractivity contribution in [2.75, 3.05) is 11.9 Å². The molecule has 2 heterocycles. The van der Waals surface area contributed by atoms with Crippen LogP contribution in [-0.2, 0) is 19.6 Å². The summed E-state index contributed by atoms with van der Waals surface area (Å²) in [6.07, 6.45) is -1.35. The third-order valence-corrected chi connectivity index (χ3v) is 2.55. The molecule has 0 atom stereocenters. The third-order valence-electron chi connectivity index (χ3n) is 2.55. The summed E-state index contributed by atoms with van der Waals surface area (Å²) >= 11 is 0. The molecule has 0 spiro atoms. The maximum Gasteiger partial charge on any atom is 0.417 e. The molecule has 0 bridgehead atoms. The number of rotatable bonds is 4. The zero-order chi connectivity index (χ0) is 13.9. The maximum atomic E-state index is 12.3. The average molecular weight is 271 g/mol. The van der Waals surface area contributed by atoms with Crippen LogP contribution in [0.3, 0.4) is 0 Å². The highest BCUT2D eigenvalue weighted by Crippen LogP contribution is 2.28. The average Bonchev–Trinajstić information content (AvgIpc) is 2.75. The molecule has 2 rings (SSSR count). The number of hydrogen-bond donors (Lipinski definition) is 1. The summed E-state index contributed by atoms with van der Waals surface area (Å²) in [4.78, 5) is 3.71. The Morgan fingerprint density at radius 1 is 1.32 bits per heavy atom. The number of pyridine rings is 1. The number of nitrogens with one attached hydrogen (secondary N) is 1. The molecule has 0 aliphatic heterocycles. The first-order chi connectivity index (χ1) is 8.97.